The quantitative estimate of drug-likeness (QED) is 0.0295. The van der Waals surface area contributed by atoms with Crippen LogP contribution in [0.3, 0.4) is 0 Å². The number of carbonyl (C=O) groups excluding carboxylic acids is 2. The molecule has 298 valence electrons. The van der Waals surface area contributed by atoms with Crippen molar-refractivity contribution < 1.29 is 38.2 Å². The molecule has 0 aromatic rings. The lowest BCUT2D eigenvalue weighted by atomic mass is 10.1. The third-order valence-corrected chi connectivity index (χ3v) is 9.35. The van der Waals surface area contributed by atoms with Crippen molar-refractivity contribution in [3.05, 3.63) is 24.3 Å². The molecule has 0 amide bonds. The first-order valence-corrected chi connectivity index (χ1v) is 20.9. The molecule has 0 saturated heterocycles. The number of hydrogen-bond acceptors (Lipinski definition) is 6. The van der Waals surface area contributed by atoms with Gasteiger partial charge in [-0.05, 0) is 44.9 Å². The Balaban J connectivity index is 4.39. The van der Waals surface area contributed by atoms with Gasteiger partial charge in [0.15, 0.2) is 12.1 Å². The van der Waals surface area contributed by atoms with Crippen molar-refractivity contribution in [1.82, 2.24) is 0 Å². The van der Waals surface area contributed by atoms with Gasteiger partial charge in [0.05, 0.1) is 34.4 Å². The summed E-state index contributed by atoms with van der Waals surface area (Å²) in [4.78, 5) is 36.8. The lowest BCUT2D eigenvalue weighted by Gasteiger charge is -2.31. The van der Waals surface area contributed by atoms with E-state index in [9.17, 15) is 19.5 Å². The Morgan fingerprint density at radius 3 is 1.53 bits per heavy atom. The van der Waals surface area contributed by atoms with E-state index in [1.165, 1.54) is 83.5 Å². The van der Waals surface area contributed by atoms with Crippen LogP contribution in [0.2, 0.25) is 0 Å². The van der Waals surface area contributed by atoms with E-state index >= 15 is 0 Å². The summed E-state index contributed by atoms with van der Waals surface area (Å²) >= 11 is 0. The van der Waals surface area contributed by atoms with Gasteiger partial charge in [0.2, 0.25) is 0 Å². The van der Waals surface area contributed by atoms with Crippen LogP contribution < -0.4 is 0 Å². The molecular formula is C43H80NO7+. The Labute approximate surface area is 313 Å². The minimum atomic E-state index is -0.877. The fraction of sp³-hybridized carbons (Fsp3) is 0.837. The van der Waals surface area contributed by atoms with Gasteiger partial charge in [0, 0.05) is 19.3 Å². The summed E-state index contributed by atoms with van der Waals surface area (Å²) < 4.78 is 17.2. The summed E-state index contributed by atoms with van der Waals surface area (Å²) in [5.41, 5.74) is 0. The highest BCUT2D eigenvalue weighted by Crippen LogP contribution is 2.14. The second kappa shape index (κ2) is 34.9. The van der Waals surface area contributed by atoms with E-state index in [4.69, 9.17) is 14.2 Å². The van der Waals surface area contributed by atoms with Gasteiger partial charge in [-0.1, -0.05) is 141 Å². The molecule has 1 N–H and O–H groups in total. The van der Waals surface area contributed by atoms with Crippen molar-refractivity contribution >= 4 is 17.9 Å². The van der Waals surface area contributed by atoms with Crippen LogP contribution in [-0.4, -0.2) is 80.6 Å². The number of carboxylic acid groups (broad SMARTS) is 1. The van der Waals surface area contributed by atoms with Gasteiger partial charge < -0.3 is 23.8 Å². The molecule has 0 bridgehead atoms. The molecule has 2 unspecified atom stereocenters. The Morgan fingerprint density at radius 1 is 0.588 bits per heavy atom. The zero-order valence-corrected chi connectivity index (χ0v) is 33.8. The number of rotatable bonds is 37. The Morgan fingerprint density at radius 2 is 1.04 bits per heavy atom. The van der Waals surface area contributed by atoms with Crippen molar-refractivity contribution in [1.29, 1.82) is 0 Å². The minimum absolute atomic E-state index is 0.0530. The number of allylic oxidation sites excluding steroid dienone is 4. The van der Waals surface area contributed by atoms with E-state index in [0.717, 1.165) is 64.2 Å². The molecule has 0 aliphatic rings. The Kier molecular flexibility index (Phi) is 33.4. The van der Waals surface area contributed by atoms with Crippen molar-refractivity contribution in [2.45, 2.75) is 193 Å². The van der Waals surface area contributed by atoms with E-state index in [1.807, 2.05) is 21.1 Å². The normalized spacial score (nSPS) is 13.2. The predicted octanol–water partition coefficient (Wildman–Crippen LogP) is 10.9. The molecule has 0 saturated carbocycles. The molecule has 0 fully saturated rings. The molecule has 0 rings (SSSR count). The number of quaternary nitrogens is 1. The fourth-order valence-electron chi connectivity index (χ4n) is 6.06. The standard InChI is InChI=1S/C43H79NO7/c1-6-8-10-12-14-16-18-19-20-21-22-24-26-28-30-32-34-42(46)51-39(37-49-36-35-40(43(47)48)44(3,4)5)38-50-41(45)33-31-29-27-25-23-17-15-13-11-9-7-2/h16,18,20-21,39-40H,6-15,17,19,22-38H2,1-5H3/p+1/b18-16-,21-20-. The number of likely N-dealkylation sites (N-methyl/N-ethyl adjacent to an activating group) is 1. The van der Waals surface area contributed by atoms with Crippen LogP contribution in [0.1, 0.15) is 181 Å². The summed E-state index contributed by atoms with van der Waals surface area (Å²) in [5, 5.41) is 9.59. The largest absolute Gasteiger partial charge is 0.477 e. The van der Waals surface area contributed by atoms with Gasteiger partial charge in [0.25, 0.3) is 0 Å². The summed E-state index contributed by atoms with van der Waals surface area (Å²) in [5.74, 6) is -1.48. The number of aliphatic carboxylic acids is 1. The van der Waals surface area contributed by atoms with Crippen LogP contribution >= 0.6 is 0 Å². The number of hydrogen-bond donors (Lipinski definition) is 1. The summed E-state index contributed by atoms with van der Waals surface area (Å²) in [7, 11) is 5.52. The van der Waals surface area contributed by atoms with Gasteiger partial charge in [-0.2, -0.15) is 0 Å². The summed E-state index contributed by atoms with van der Waals surface area (Å²) in [6.07, 6.45) is 36.4. The molecule has 0 heterocycles. The molecule has 0 aliphatic carbocycles. The van der Waals surface area contributed by atoms with E-state index in [0.29, 0.717) is 19.3 Å². The topological polar surface area (TPSA) is 99.1 Å². The zero-order chi connectivity index (χ0) is 37.8. The number of carbonyl (C=O) groups is 3. The highest BCUT2D eigenvalue weighted by molar-refractivity contribution is 5.72. The lowest BCUT2D eigenvalue weighted by Crippen LogP contribution is -2.50. The van der Waals surface area contributed by atoms with E-state index in [1.54, 1.807) is 0 Å². The number of nitrogens with zero attached hydrogens (tertiary/aromatic N) is 1. The first-order valence-electron chi connectivity index (χ1n) is 20.9. The minimum Gasteiger partial charge on any atom is -0.477 e. The Hall–Kier alpha value is -2.19. The fourth-order valence-corrected chi connectivity index (χ4v) is 6.06. The second-order valence-electron chi connectivity index (χ2n) is 15.2. The number of carboxylic acids is 1. The number of ether oxygens (including phenoxy) is 3. The van der Waals surface area contributed by atoms with Crippen molar-refractivity contribution in [2.24, 2.45) is 0 Å². The molecule has 0 aliphatic heterocycles. The van der Waals surface area contributed by atoms with Crippen LogP contribution in [0.4, 0.5) is 0 Å². The van der Waals surface area contributed by atoms with Crippen LogP contribution in [0.25, 0.3) is 0 Å². The van der Waals surface area contributed by atoms with E-state index in [2.05, 4.69) is 38.2 Å². The number of esters is 2. The van der Waals surface area contributed by atoms with Crippen LogP contribution in [0.5, 0.6) is 0 Å². The highest BCUT2D eigenvalue weighted by Gasteiger charge is 2.31. The third kappa shape index (κ3) is 33.4. The van der Waals surface area contributed by atoms with Crippen LogP contribution in [0, 0.1) is 0 Å². The van der Waals surface area contributed by atoms with Gasteiger partial charge >= 0.3 is 17.9 Å². The average molecular weight is 723 g/mol. The molecule has 8 heteroatoms. The lowest BCUT2D eigenvalue weighted by molar-refractivity contribution is -0.887. The maximum atomic E-state index is 12.7. The second-order valence-corrected chi connectivity index (χ2v) is 15.2. The van der Waals surface area contributed by atoms with Crippen LogP contribution in [0.15, 0.2) is 24.3 Å². The molecule has 51 heavy (non-hydrogen) atoms. The van der Waals surface area contributed by atoms with E-state index in [-0.39, 0.29) is 36.2 Å². The van der Waals surface area contributed by atoms with E-state index < -0.39 is 18.1 Å². The molecule has 0 spiro atoms. The first kappa shape index (κ1) is 48.8. The SMILES string of the molecule is CCCCCC/C=C\C/C=C\CCCCCCCC(=O)OC(COCCC(C(=O)O)[N+](C)(C)C)COC(=O)CCCCCCCCCCCCC. The molecule has 0 radical (unpaired) electrons. The molecule has 2 atom stereocenters. The first-order chi connectivity index (χ1) is 24.6. The highest BCUT2D eigenvalue weighted by atomic mass is 16.6. The molecular weight excluding hydrogens is 642 g/mol. The van der Waals surface area contributed by atoms with Crippen molar-refractivity contribution in [3.8, 4) is 0 Å². The maximum absolute atomic E-state index is 12.7. The monoisotopic (exact) mass is 723 g/mol. The van der Waals surface area contributed by atoms with Crippen molar-refractivity contribution in [2.75, 3.05) is 41.0 Å². The summed E-state index contributed by atoms with van der Waals surface area (Å²) in [6.45, 7) is 4.70. The van der Waals surface area contributed by atoms with Gasteiger partial charge in [0.1, 0.15) is 6.61 Å². The van der Waals surface area contributed by atoms with Gasteiger partial charge in [-0.25, -0.2) is 4.79 Å². The van der Waals surface area contributed by atoms with Gasteiger partial charge in [-0.3, -0.25) is 9.59 Å². The summed E-state index contributed by atoms with van der Waals surface area (Å²) in [6, 6.07) is -0.613. The van der Waals surface area contributed by atoms with Crippen LogP contribution in [-0.2, 0) is 28.6 Å². The third-order valence-electron chi connectivity index (χ3n) is 9.35. The smallest absolute Gasteiger partial charge is 0.362 e. The molecule has 0 aromatic heterocycles. The maximum Gasteiger partial charge on any atom is 0.362 e. The van der Waals surface area contributed by atoms with Crippen molar-refractivity contribution in [3.63, 3.8) is 0 Å². The predicted molar refractivity (Wildman–Crippen MR) is 211 cm³/mol. The zero-order valence-electron chi connectivity index (χ0n) is 33.8. The average Bonchev–Trinajstić information content (AvgIpc) is 3.08. The molecule has 8 nitrogen and oxygen atoms in total. The number of unbranched alkanes of at least 4 members (excludes halogenated alkanes) is 19. The Bertz CT molecular complexity index is 895. The molecule has 0 aromatic carbocycles. The van der Waals surface area contributed by atoms with Gasteiger partial charge in [-0.15, -0.1) is 0 Å².